The molecule has 9 nitrogen and oxygen atoms in total. The Hall–Kier alpha value is -3.89. The monoisotopic (exact) mass is 454 g/mol. The van der Waals surface area contributed by atoms with E-state index in [1.54, 1.807) is 17.7 Å². The molecule has 3 N–H and O–H groups in total. The number of nitrogens with zero attached hydrogens (tertiary/aromatic N) is 3. The first-order chi connectivity index (χ1) is 15.8. The number of H-pyrrole nitrogens is 1. The maximum atomic E-state index is 13.5. The topological polar surface area (TPSA) is 122 Å². The van der Waals surface area contributed by atoms with E-state index >= 15 is 0 Å². The van der Waals surface area contributed by atoms with E-state index in [1.165, 1.54) is 6.07 Å². The number of Topliss-reactive ketones (excluding diaryl/α,β-unsaturated/α-hetero) is 1. The maximum absolute atomic E-state index is 13.5. The molecule has 0 spiro atoms. The molecule has 1 saturated carbocycles. The number of hydrogen-bond donors (Lipinski definition) is 3. The molecule has 1 aromatic carbocycles. The van der Waals surface area contributed by atoms with E-state index in [-0.39, 0.29) is 16.9 Å². The first kappa shape index (κ1) is 21.0. The molecule has 1 aliphatic heterocycles. The molecular weight excluding hydrogens is 434 g/mol. The van der Waals surface area contributed by atoms with Crippen molar-refractivity contribution in [2.45, 2.75) is 44.7 Å². The van der Waals surface area contributed by atoms with Gasteiger partial charge < -0.3 is 15.2 Å². The van der Waals surface area contributed by atoms with Gasteiger partial charge in [0.1, 0.15) is 11.4 Å². The Balaban J connectivity index is 1.43. The number of carbonyl (C=O) groups is 3. The molecule has 1 fully saturated rings. The number of aromatic amines is 1. The minimum absolute atomic E-state index is 0.0840. The van der Waals surface area contributed by atoms with Crippen LogP contribution >= 0.6 is 0 Å². The van der Waals surface area contributed by atoms with Gasteiger partial charge in [0.25, 0.3) is 17.6 Å². The van der Waals surface area contributed by atoms with E-state index in [4.69, 9.17) is 0 Å². The second kappa shape index (κ2) is 7.61. The molecule has 2 aromatic heterocycles. The summed E-state index contributed by atoms with van der Waals surface area (Å²) in [6, 6.07) is 3.05. The van der Waals surface area contributed by atoms with Gasteiger partial charge in [-0.1, -0.05) is 5.21 Å². The molecule has 1 aliphatic carbocycles. The number of anilines is 1. The number of fused-ring (bicyclic) bond motifs is 1. The Morgan fingerprint density at radius 1 is 1.18 bits per heavy atom. The minimum atomic E-state index is -1.08. The molecular formula is C22H20F2N6O3. The van der Waals surface area contributed by atoms with Crippen molar-refractivity contribution < 1.29 is 23.2 Å². The fraction of sp³-hybridized carbons (Fsp3) is 0.318. The molecule has 0 radical (unpaired) electrons. The molecule has 2 aliphatic rings. The zero-order chi connectivity index (χ0) is 23.3. The van der Waals surface area contributed by atoms with Gasteiger partial charge >= 0.3 is 0 Å². The Morgan fingerprint density at radius 3 is 2.64 bits per heavy atom. The molecule has 3 aromatic rings. The number of carbonyl (C=O) groups excluding carboxylic acids is 3. The summed E-state index contributed by atoms with van der Waals surface area (Å²) in [5.41, 5.74) is 1.36. The van der Waals surface area contributed by atoms with Crippen LogP contribution in [0.5, 0.6) is 0 Å². The highest BCUT2D eigenvalue weighted by molar-refractivity contribution is 6.44. The molecule has 5 rings (SSSR count). The van der Waals surface area contributed by atoms with Crippen LogP contribution in [0.2, 0.25) is 0 Å². The average molecular weight is 454 g/mol. The number of ketones is 1. The van der Waals surface area contributed by atoms with Gasteiger partial charge in [-0.25, -0.2) is 8.78 Å². The lowest BCUT2D eigenvalue weighted by molar-refractivity contribution is -0.118. The van der Waals surface area contributed by atoms with Gasteiger partial charge in [-0.15, -0.1) is 5.10 Å². The van der Waals surface area contributed by atoms with Gasteiger partial charge in [-0.05, 0) is 50.3 Å². The van der Waals surface area contributed by atoms with Crippen LogP contribution in [0.4, 0.5) is 14.5 Å². The van der Waals surface area contributed by atoms with Gasteiger partial charge in [0, 0.05) is 30.2 Å². The van der Waals surface area contributed by atoms with E-state index in [2.05, 4.69) is 26.0 Å². The van der Waals surface area contributed by atoms with E-state index < -0.39 is 34.8 Å². The van der Waals surface area contributed by atoms with E-state index in [0.29, 0.717) is 49.2 Å². The SMILES string of the molecule is Cc1c(C(=O)C(=O)NC2(c3c[nH]nn3)CC2)c2n(c1C(=O)Nc1ccc(F)c(F)c1)CCC2. The van der Waals surface area contributed by atoms with Crippen LogP contribution < -0.4 is 10.6 Å². The van der Waals surface area contributed by atoms with Crippen molar-refractivity contribution in [3.05, 3.63) is 64.2 Å². The van der Waals surface area contributed by atoms with Crippen LogP contribution in [0.3, 0.4) is 0 Å². The molecule has 2 amide bonds. The molecule has 0 unspecified atom stereocenters. The largest absolute Gasteiger partial charge is 0.340 e. The van der Waals surface area contributed by atoms with E-state index in [9.17, 15) is 23.2 Å². The quantitative estimate of drug-likeness (QED) is 0.390. The molecule has 0 bridgehead atoms. The number of rotatable bonds is 6. The summed E-state index contributed by atoms with van der Waals surface area (Å²) in [6.07, 6.45) is 4.13. The lowest BCUT2D eigenvalue weighted by atomic mass is 10.0. The standard InChI is InChI=1S/C22H20F2N6O3/c1-11-17(19(31)21(33)27-22(6-7-22)16-10-25-29-28-16)15-3-2-8-30(15)18(11)20(32)26-12-4-5-13(23)14(24)9-12/h4-5,9-10H,2-3,6-8H2,1H3,(H,26,32)(H,27,33)(H,25,28,29). The zero-order valence-electron chi connectivity index (χ0n) is 17.7. The second-order valence-corrected chi connectivity index (χ2v) is 8.36. The summed E-state index contributed by atoms with van der Waals surface area (Å²) in [7, 11) is 0. The predicted molar refractivity (Wildman–Crippen MR) is 112 cm³/mol. The number of nitrogens with one attached hydrogen (secondary N) is 3. The normalized spacial score (nSPS) is 15.7. The first-order valence-electron chi connectivity index (χ1n) is 10.5. The van der Waals surface area contributed by atoms with Gasteiger partial charge in [0.05, 0.1) is 11.1 Å². The van der Waals surface area contributed by atoms with Crippen LogP contribution in [-0.4, -0.2) is 37.6 Å². The lowest BCUT2D eigenvalue weighted by Gasteiger charge is -2.14. The number of hydrogen-bond acceptors (Lipinski definition) is 5. The van der Waals surface area contributed by atoms with Gasteiger partial charge in [-0.2, -0.15) is 0 Å². The molecule has 3 heterocycles. The number of benzene rings is 1. The van der Waals surface area contributed by atoms with Crippen molar-refractivity contribution >= 4 is 23.3 Å². The molecule has 0 saturated heterocycles. The van der Waals surface area contributed by atoms with Crippen molar-refractivity contribution in [1.82, 2.24) is 25.3 Å². The minimum Gasteiger partial charge on any atom is -0.340 e. The summed E-state index contributed by atoms with van der Waals surface area (Å²) >= 11 is 0. The van der Waals surface area contributed by atoms with Crippen molar-refractivity contribution in [3.63, 3.8) is 0 Å². The predicted octanol–water partition coefficient (Wildman–Crippen LogP) is 2.38. The van der Waals surface area contributed by atoms with Crippen LogP contribution in [0.15, 0.2) is 24.4 Å². The van der Waals surface area contributed by atoms with Crippen molar-refractivity contribution in [1.29, 1.82) is 0 Å². The van der Waals surface area contributed by atoms with Crippen molar-refractivity contribution in [3.8, 4) is 0 Å². The van der Waals surface area contributed by atoms with Gasteiger partial charge in [0.15, 0.2) is 11.6 Å². The van der Waals surface area contributed by atoms with Crippen LogP contribution in [-0.2, 0) is 23.3 Å². The van der Waals surface area contributed by atoms with E-state index in [0.717, 1.165) is 12.1 Å². The number of halogens is 2. The first-order valence-corrected chi connectivity index (χ1v) is 10.5. The van der Waals surface area contributed by atoms with Crippen LogP contribution in [0, 0.1) is 18.6 Å². The highest BCUT2D eigenvalue weighted by atomic mass is 19.2. The molecule has 170 valence electrons. The Bertz CT molecular complexity index is 1290. The maximum Gasteiger partial charge on any atom is 0.293 e. The van der Waals surface area contributed by atoms with Crippen molar-refractivity contribution in [2.75, 3.05) is 5.32 Å². The summed E-state index contributed by atoms with van der Waals surface area (Å²) in [5.74, 6) is -4.17. The average Bonchev–Trinajstić information content (AvgIpc) is 3.14. The van der Waals surface area contributed by atoms with Crippen molar-refractivity contribution in [2.24, 2.45) is 0 Å². The fourth-order valence-corrected chi connectivity index (χ4v) is 4.47. The number of amides is 2. The number of aromatic nitrogens is 4. The molecule has 0 atom stereocenters. The van der Waals surface area contributed by atoms with Gasteiger partial charge in [0.2, 0.25) is 0 Å². The van der Waals surface area contributed by atoms with Crippen LogP contribution in [0.25, 0.3) is 0 Å². The smallest absolute Gasteiger partial charge is 0.293 e. The summed E-state index contributed by atoms with van der Waals surface area (Å²) < 4.78 is 28.5. The summed E-state index contributed by atoms with van der Waals surface area (Å²) in [5, 5.41) is 15.5. The zero-order valence-corrected chi connectivity index (χ0v) is 17.7. The highest BCUT2D eigenvalue weighted by Crippen LogP contribution is 2.44. The Labute approximate surface area is 186 Å². The third-order valence-electron chi connectivity index (χ3n) is 6.25. The van der Waals surface area contributed by atoms with E-state index in [1.807, 2.05) is 0 Å². The third-order valence-corrected chi connectivity index (χ3v) is 6.25. The van der Waals surface area contributed by atoms with Gasteiger partial charge in [-0.3, -0.25) is 19.5 Å². The Morgan fingerprint density at radius 2 is 1.97 bits per heavy atom. The lowest BCUT2D eigenvalue weighted by Crippen LogP contribution is -2.40. The van der Waals surface area contributed by atoms with Crippen LogP contribution in [0.1, 0.15) is 57.1 Å². The Kier molecular flexibility index (Phi) is 4.84. The highest BCUT2D eigenvalue weighted by Gasteiger charge is 2.49. The summed E-state index contributed by atoms with van der Waals surface area (Å²) in [4.78, 5) is 39.1. The summed E-state index contributed by atoms with van der Waals surface area (Å²) in [6.45, 7) is 2.12. The molecule has 11 heteroatoms. The molecule has 33 heavy (non-hydrogen) atoms. The third kappa shape index (κ3) is 3.49. The fourth-order valence-electron chi connectivity index (χ4n) is 4.47. The second-order valence-electron chi connectivity index (χ2n) is 8.36.